The van der Waals surface area contributed by atoms with Crippen molar-refractivity contribution in [3.05, 3.63) is 0 Å². The summed E-state index contributed by atoms with van der Waals surface area (Å²) in [6, 6.07) is 0. The molecule has 5 nitrogen and oxygen atoms in total. The van der Waals surface area contributed by atoms with E-state index >= 15 is 0 Å². The maximum absolute atomic E-state index is 12.0. The molecule has 20 heavy (non-hydrogen) atoms. The van der Waals surface area contributed by atoms with Crippen LogP contribution in [0.25, 0.3) is 0 Å². The van der Waals surface area contributed by atoms with Crippen LogP contribution < -0.4 is 0 Å². The first-order valence-electron chi connectivity index (χ1n) is 7.69. The van der Waals surface area contributed by atoms with Crippen molar-refractivity contribution >= 4 is 11.9 Å². The third kappa shape index (κ3) is 2.82. The summed E-state index contributed by atoms with van der Waals surface area (Å²) in [5, 5.41) is 19.3. The summed E-state index contributed by atoms with van der Waals surface area (Å²) in [6.45, 7) is 0.354. The van der Waals surface area contributed by atoms with Gasteiger partial charge in [-0.1, -0.05) is 32.1 Å². The molecule has 114 valence electrons. The molecule has 2 aliphatic rings. The third-order valence-corrected chi connectivity index (χ3v) is 4.84. The molecule has 0 bridgehead atoms. The summed E-state index contributed by atoms with van der Waals surface area (Å²) in [6.07, 6.45) is 7.52. The largest absolute Gasteiger partial charge is 0.481 e. The highest BCUT2D eigenvalue weighted by Gasteiger charge is 2.56. The monoisotopic (exact) mass is 284 g/mol. The lowest BCUT2D eigenvalue weighted by atomic mass is 9.72. The Labute approximate surface area is 119 Å². The van der Waals surface area contributed by atoms with Gasteiger partial charge in [0.15, 0.2) is 5.60 Å². The van der Waals surface area contributed by atoms with Gasteiger partial charge in [0, 0.05) is 6.61 Å². The van der Waals surface area contributed by atoms with Gasteiger partial charge in [0.05, 0.1) is 5.92 Å². The van der Waals surface area contributed by atoms with Crippen molar-refractivity contribution in [1.82, 2.24) is 0 Å². The number of hydrogen-bond acceptors (Lipinski definition) is 3. The number of aliphatic carboxylic acids is 2. The van der Waals surface area contributed by atoms with Gasteiger partial charge in [-0.15, -0.1) is 0 Å². The Morgan fingerprint density at radius 3 is 2.05 bits per heavy atom. The summed E-state index contributed by atoms with van der Waals surface area (Å²) >= 11 is 0. The Bertz CT molecular complexity index is 359. The van der Waals surface area contributed by atoms with E-state index in [0.717, 1.165) is 51.4 Å². The first kappa shape index (κ1) is 15.3. The van der Waals surface area contributed by atoms with Crippen LogP contribution >= 0.6 is 0 Å². The van der Waals surface area contributed by atoms with Gasteiger partial charge < -0.3 is 14.9 Å². The number of carbonyl (C=O) groups is 2. The highest BCUT2D eigenvalue weighted by molar-refractivity contribution is 5.86. The molecule has 1 aliphatic heterocycles. The maximum Gasteiger partial charge on any atom is 0.337 e. The van der Waals surface area contributed by atoms with Crippen LogP contribution in [0.5, 0.6) is 0 Å². The molecule has 0 radical (unpaired) electrons. The predicted octanol–water partition coefficient (Wildman–Crippen LogP) is 2.68. The van der Waals surface area contributed by atoms with Crippen LogP contribution in [0.4, 0.5) is 0 Å². The van der Waals surface area contributed by atoms with Gasteiger partial charge >= 0.3 is 11.9 Å². The highest BCUT2D eigenvalue weighted by Crippen LogP contribution is 2.43. The molecule has 0 aromatic rings. The van der Waals surface area contributed by atoms with Crippen LogP contribution in [0.15, 0.2) is 0 Å². The summed E-state index contributed by atoms with van der Waals surface area (Å²) in [5.74, 6) is -3.22. The molecule has 2 atom stereocenters. The molecule has 0 aromatic heterocycles. The van der Waals surface area contributed by atoms with Crippen LogP contribution in [0, 0.1) is 11.8 Å². The van der Waals surface area contributed by atoms with Crippen LogP contribution in [0.2, 0.25) is 0 Å². The molecule has 1 saturated carbocycles. The molecule has 0 aromatic carbocycles. The first-order chi connectivity index (χ1) is 9.59. The van der Waals surface area contributed by atoms with Crippen molar-refractivity contribution in [3.8, 4) is 0 Å². The number of carboxylic acids is 2. The molecular formula is C15H24O5. The van der Waals surface area contributed by atoms with E-state index in [9.17, 15) is 19.8 Å². The van der Waals surface area contributed by atoms with Crippen LogP contribution in [0.3, 0.4) is 0 Å². The summed E-state index contributed by atoms with van der Waals surface area (Å²) in [5.41, 5.74) is -1.52. The third-order valence-electron chi connectivity index (χ3n) is 4.84. The highest BCUT2D eigenvalue weighted by atomic mass is 16.5. The molecule has 0 spiro atoms. The molecule has 2 N–H and O–H groups in total. The second kappa shape index (κ2) is 6.57. The van der Waals surface area contributed by atoms with E-state index in [0.29, 0.717) is 13.0 Å². The standard InChI is InChI=1S/C15H24O5/c16-13(17)12-9-5-6-10-20-15(12,14(18)19)11-7-3-1-2-4-8-11/h11-12H,1-10H2,(H,16,17)(H,18,19). The normalized spacial score (nSPS) is 33.1. The molecule has 2 unspecified atom stereocenters. The van der Waals surface area contributed by atoms with E-state index in [1.165, 1.54) is 0 Å². The van der Waals surface area contributed by atoms with Crippen molar-refractivity contribution in [2.24, 2.45) is 11.8 Å². The van der Waals surface area contributed by atoms with Crippen molar-refractivity contribution in [2.75, 3.05) is 6.61 Å². The molecule has 2 rings (SSSR count). The van der Waals surface area contributed by atoms with E-state index < -0.39 is 23.5 Å². The lowest BCUT2D eigenvalue weighted by Crippen LogP contribution is -2.56. The lowest BCUT2D eigenvalue weighted by Gasteiger charge is -2.39. The average Bonchev–Trinajstić information content (AvgIpc) is 2.79. The average molecular weight is 284 g/mol. The van der Waals surface area contributed by atoms with Crippen molar-refractivity contribution in [2.45, 2.75) is 63.4 Å². The minimum Gasteiger partial charge on any atom is -0.481 e. The van der Waals surface area contributed by atoms with Gasteiger partial charge in [-0.05, 0) is 31.6 Å². The first-order valence-corrected chi connectivity index (χ1v) is 7.69. The zero-order valence-corrected chi connectivity index (χ0v) is 11.8. The quantitative estimate of drug-likeness (QED) is 0.778. The van der Waals surface area contributed by atoms with E-state index in [1.807, 2.05) is 0 Å². The number of carboxylic acid groups (broad SMARTS) is 2. The number of hydrogen-bond donors (Lipinski definition) is 2. The van der Waals surface area contributed by atoms with Crippen molar-refractivity contribution in [3.63, 3.8) is 0 Å². The fraction of sp³-hybridized carbons (Fsp3) is 0.867. The van der Waals surface area contributed by atoms with Gasteiger partial charge in [-0.3, -0.25) is 4.79 Å². The zero-order valence-electron chi connectivity index (χ0n) is 11.8. The van der Waals surface area contributed by atoms with E-state index in [1.54, 1.807) is 0 Å². The van der Waals surface area contributed by atoms with Gasteiger partial charge in [-0.25, -0.2) is 4.79 Å². The van der Waals surface area contributed by atoms with Crippen molar-refractivity contribution in [1.29, 1.82) is 0 Å². The minimum atomic E-state index is -1.52. The van der Waals surface area contributed by atoms with Gasteiger partial charge in [0.25, 0.3) is 0 Å². The lowest BCUT2D eigenvalue weighted by molar-refractivity contribution is -0.193. The minimum absolute atomic E-state index is 0.179. The van der Waals surface area contributed by atoms with Crippen LogP contribution in [0.1, 0.15) is 57.8 Å². The second-order valence-electron chi connectivity index (χ2n) is 6.02. The summed E-state index contributed by atoms with van der Waals surface area (Å²) in [4.78, 5) is 23.6. The Balaban J connectivity index is 2.37. The molecule has 1 aliphatic carbocycles. The van der Waals surface area contributed by atoms with Gasteiger partial charge in [0.1, 0.15) is 0 Å². The number of rotatable bonds is 3. The van der Waals surface area contributed by atoms with E-state index in [-0.39, 0.29) is 5.92 Å². The van der Waals surface area contributed by atoms with Gasteiger partial charge in [-0.2, -0.15) is 0 Å². The Morgan fingerprint density at radius 2 is 1.50 bits per heavy atom. The Morgan fingerprint density at radius 1 is 0.900 bits per heavy atom. The Hall–Kier alpha value is -1.10. The summed E-state index contributed by atoms with van der Waals surface area (Å²) < 4.78 is 5.74. The fourth-order valence-corrected chi connectivity index (χ4v) is 3.81. The molecular weight excluding hydrogens is 260 g/mol. The maximum atomic E-state index is 12.0. The molecule has 5 heteroatoms. The fourth-order valence-electron chi connectivity index (χ4n) is 3.81. The van der Waals surface area contributed by atoms with Crippen molar-refractivity contribution < 1.29 is 24.5 Å². The topological polar surface area (TPSA) is 83.8 Å². The Kier molecular flexibility index (Phi) is 5.02. The predicted molar refractivity (Wildman–Crippen MR) is 72.5 cm³/mol. The smallest absolute Gasteiger partial charge is 0.337 e. The van der Waals surface area contributed by atoms with E-state index in [4.69, 9.17) is 4.74 Å². The van der Waals surface area contributed by atoms with Crippen LogP contribution in [-0.2, 0) is 14.3 Å². The molecule has 2 fully saturated rings. The zero-order chi connectivity index (χ0) is 14.6. The molecule has 0 amide bonds. The van der Waals surface area contributed by atoms with Gasteiger partial charge in [0.2, 0.25) is 0 Å². The number of ether oxygens (including phenoxy) is 1. The van der Waals surface area contributed by atoms with E-state index in [2.05, 4.69) is 0 Å². The molecule has 1 heterocycles. The SMILES string of the molecule is O=C(O)C1CCCCOC1(C(=O)O)C1CCCCCC1. The van der Waals surface area contributed by atoms with Crippen LogP contribution in [-0.4, -0.2) is 34.4 Å². The second-order valence-corrected chi connectivity index (χ2v) is 6.02. The summed E-state index contributed by atoms with van der Waals surface area (Å²) in [7, 11) is 0. The molecule has 1 saturated heterocycles.